The Morgan fingerprint density at radius 1 is 1.04 bits per heavy atom. The average molecular weight is 400 g/mol. The van der Waals surface area contributed by atoms with Crippen molar-refractivity contribution in [2.45, 2.75) is 5.92 Å². The van der Waals surface area contributed by atoms with Crippen LogP contribution in [0.2, 0.25) is 0 Å². The van der Waals surface area contributed by atoms with Gasteiger partial charge in [-0.25, -0.2) is 0 Å². The van der Waals surface area contributed by atoms with Crippen LogP contribution in [0, 0.1) is 5.92 Å². The number of halogens is 1. The minimum Gasteiger partial charge on any atom is -0.338 e. The standard InChI is InChI=1S/C21H21N3O3.ClH/c1-23-20(26)16-8-7-14(9-17(16)21(23)27)19(25)24-11-15(10-22)18(12-24)13-5-3-2-4-6-13;/h2-9,15,18H,10-12,22H2,1H3;1H/t15-,18+;/m1./s1. The molecule has 2 aliphatic heterocycles. The van der Waals surface area contributed by atoms with Crippen LogP contribution in [0.25, 0.3) is 0 Å². The van der Waals surface area contributed by atoms with Gasteiger partial charge in [-0.15, -0.1) is 12.4 Å². The minimum absolute atomic E-state index is 0. The SMILES string of the molecule is CN1C(=O)c2ccc(C(=O)N3C[C@@H](CN)[C@H](c4ccccc4)C3)cc2C1=O.Cl. The summed E-state index contributed by atoms with van der Waals surface area (Å²) in [7, 11) is 1.45. The van der Waals surface area contributed by atoms with Crippen LogP contribution in [0.4, 0.5) is 0 Å². The minimum atomic E-state index is -0.368. The van der Waals surface area contributed by atoms with Crippen molar-refractivity contribution < 1.29 is 14.4 Å². The summed E-state index contributed by atoms with van der Waals surface area (Å²) in [5, 5.41) is 0. The molecule has 0 bridgehead atoms. The highest BCUT2D eigenvalue weighted by atomic mass is 35.5. The molecule has 2 aliphatic rings. The monoisotopic (exact) mass is 399 g/mol. The van der Waals surface area contributed by atoms with E-state index in [0.717, 1.165) is 4.90 Å². The highest BCUT2D eigenvalue weighted by Gasteiger charge is 2.37. The van der Waals surface area contributed by atoms with Gasteiger partial charge in [0.15, 0.2) is 0 Å². The number of nitrogens with two attached hydrogens (primary N) is 1. The fraction of sp³-hybridized carbons (Fsp3) is 0.286. The van der Waals surface area contributed by atoms with Crippen molar-refractivity contribution in [1.82, 2.24) is 9.80 Å². The van der Waals surface area contributed by atoms with Crippen LogP contribution in [-0.2, 0) is 0 Å². The molecule has 0 saturated carbocycles. The average Bonchev–Trinajstić information content (AvgIpc) is 3.24. The van der Waals surface area contributed by atoms with E-state index in [2.05, 4.69) is 12.1 Å². The summed E-state index contributed by atoms with van der Waals surface area (Å²) in [6.45, 7) is 1.68. The predicted octanol–water partition coefficient (Wildman–Crippen LogP) is 2.15. The summed E-state index contributed by atoms with van der Waals surface area (Å²) in [5.41, 5.74) is 8.21. The number of imide groups is 1. The third-order valence-electron chi connectivity index (χ3n) is 5.60. The van der Waals surface area contributed by atoms with Crippen molar-refractivity contribution in [3.05, 3.63) is 70.8 Å². The molecule has 7 heteroatoms. The number of carbonyl (C=O) groups is 3. The van der Waals surface area contributed by atoms with E-state index in [0.29, 0.717) is 36.3 Å². The van der Waals surface area contributed by atoms with E-state index in [1.54, 1.807) is 17.0 Å². The zero-order valence-corrected chi connectivity index (χ0v) is 16.3. The summed E-state index contributed by atoms with van der Waals surface area (Å²) < 4.78 is 0. The van der Waals surface area contributed by atoms with Gasteiger partial charge < -0.3 is 10.6 Å². The summed E-state index contributed by atoms with van der Waals surface area (Å²) in [4.78, 5) is 40.1. The predicted molar refractivity (Wildman–Crippen MR) is 108 cm³/mol. The first-order valence-electron chi connectivity index (χ1n) is 9.02. The molecule has 3 amide bonds. The van der Waals surface area contributed by atoms with Gasteiger partial charge in [-0.3, -0.25) is 19.3 Å². The molecule has 0 unspecified atom stereocenters. The molecule has 0 radical (unpaired) electrons. The molecule has 0 aromatic heterocycles. The van der Waals surface area contributed by atoms with Crippen LogP contribution >= 0.6 is 12.4 Å². The summed E-state index contributed by atoms with van der Waals surface area (Å²) >= 11 is 0. The van der Waals surface area contributed by atoms with Gasteiger partial charge in [0.1, 0.15) is 0 Å². The largest absolute Gasteiger partial charge is 0.338 e. The second-order valence-corrected chi connectivity index (χ2v) is 7.15. The number of amides is 3. The van der Waals surface area contributed by atoms with Crippen LogP contribution < -0.4 is 5.73 Å². The fourth-order valence-electron chi connectivity index (χ4n) is 4.03. The van der Waals surface area contributed by atoms with E-state index in [1.807, 2.05) is 18.2 Å². The van der Waals surface area contributed by atoms with E-state index in [1.165, 1.54) is 18.7 Å². The number of likely N-dealkylation sites (tertiary alicyclic amines) is 1. The maximum atomic E-state index is 13.0. The Hall–Kier alpha value is -2.70. The molecule has 0 spiro atoms. The Morgan fingerprint density at radius 3 is 2.39 bits per heavy atom. The van der Waals surface area contributed by atoms with Crippen LogP contribution in [-0.4, -0.2) is 54.2 Å². The van der Waals surface area contributed by atoms with Gasteiger partial charge in [0, 0.05) is 31.6 Å². The van der Waals surface area contributed by atoms with Gasteiger partial charge in [-0.1, -0.05) is 30.3 Å². The lowest BCUT2D eigenvalue weighted by Gasteiger charge is -2.17. The first kappa shape index (κ1) is 20.0. The Bertz CT molecular complexity index is 932. The van der Waals surface area contributed by atoms with E-state index in [4.69, 9.17) is 5.73 Å². The third-order valence-corrected chi connectivity index (χ3v) is 5.60. The Kier molecular flexibility index (Phi) is 5.54. The number of fused-ring (bicyclic) bond motifs is 1. The lowest BCUT2D eigenvalue weighted by Crippen LogP contribution is -2.30. The highest BCUT2D eigenvalue weighted by molar-refractivity contribution is 6.21. The number of benzene rings is 2. The first-order chi connectivity index (χ1) is 13.0. The molecule has 146 valence electrons. The van der Waals surface area contributed by atoms with Gasteiger partial charge in [0.25, 0.3) is 17.7 Å². The summed E-state index contributed by atoms with van der Waals surface area (Å²) in [5.74, 6) is -0.441. The summed E-state index contributed by atoms with van der Waals surface area (Å²) in [6, 6.07) is 14.8. The number of rotatable bonds is 3. The molecule has 2 aromatic carbocycles. The Balaban J connectivity index is 0.00000225. The molecule has 1 saturated heterocycles. The van der Waals surface area contributed by atoms with Crippen molar-refractivity contribution in [1.29, 1.82) is 0 Å². The molecule has 4 rings (SSSR count). The molecule has 2 N–H and O–H groups in total. The number of carbonyl (C=O) groups excluding carboxylic acids is 3. The van der Waals surface area contributed by atoms with Crippen molar-refractivity contribution in [2.24, 2.45) is 11.7 Å². The van der Waals surface area contributed by atoms with E-state index in [9.17, 15) is 14.4 Å². The van der Waals surface area contributed by atoms with Gasteiger partial charge in [-0.2, -0.15) is 0 Å². The smallest absolute Gasteiger partial charge is 0.261 e. The topological polar surface area (TPSA) is 83.7 Å². The van der Waals surface area contributed by atoms with Gasteiger partial charge in [0.05, 0.1) is 11.1 Å². The molecule has 2 aromatic rings. The van der Waals surface area contributed by atoms with Gasteiger partial charge >= 0.3 is 0 Å². The number of nitrogens with zero attached hydrogens (tertiary/aromatic N) is 2. The molecule has 2 atom stereocenters. The third kappa shape index (κ3) is 3.19. The fourth-order valence-corrected chi connectivity index (χ4v) is 4.03. The lowest BCUT2D eigenvalue weighted by atomic mass is 9.89. The molecule has 0 aliphatic carbocycles. The molecular weight excluding hydrogens is 378 g/mol. The zero-order chi connectivity index (χ0) is 19.1. The molecule has 2 heterocycles. The van der Waals surface area contributed by atoms with Gasteiger partial charge in [0.2, 0.25) is 0 Å². The van der Waals surface area contributed by atoms with Gasteiger partial charge in [-0.05, 0) is 36.2 Å². The Labute approximate surface area is 169 Å². The van der Waals surface area contributed by atoms with Crippen LogP contribution in [0.15, 0.2) is 48.5 Å². The van der Waals surface area contributed by atoms with Crippen molar-refractivity contribution >= 4 is 30.1 Å². The lowest BCUT2D eigenvalue weighted by molar-refractivity contribution is 0.0692. The molecule has 28 heavy (non-hydrogen) atoms. The second kappa shape index (κ2) is 7.73. The first-order valence-corrected chi connectivity index (χ1v) is 9.02. The van der Waals surface area contributed by atoms with Crippen LogP contribution in [0.3, 0.4) is 0 Å². The van der Waals surface area contributed by atoms with Crippen molar-refractivity contribution in [2.75, 3.05) is 26.7 Å². The zero-order valence-electron chi connectivity index (χ0n) is 15.5. The van der Waals surface area contributed by atoms with E-state index < -0.39 is 0 Å². The van der Waals surface area contributed by atoms with E-state index in [-0.39, 0.29) is 42.0 Å². The van der Waals surface area contributed by atoms with Crippen LogP contribution in [0.1, 0.15) is 42.6 Å². The number of hydrogen-bond donors (Lipinski definition) is 1. The maximum Gasteiger partial charge on any atom is 0.261 e. The molecular formula is C21H22ClN3O3. The molecule has 1 fully saturated rings. The maximum absolute atomic E-state index is 13.0. The summed E-state index contributed by atoms with van der Waals surface area (Å²) in [6.07, 6.45) is 0. The normalized spacial score (nSPS) is 20.9. The van der Waals surface area contributed by atoms with Crippen molar-refractivity contribution in [3.63, 3.8) is 0 Å². The highest BCUT2D eigenvalue weighted by Crippen LogP contribution is 2.33. The Morgan fingerprint density at radius 2 is 1.71 bits per heavy atom. The van der Waals surface area contributed by atoms with Crippen molar-refractivity contribution in [3.8, 4) is 0 Å². The molecule has 6 nitrogen and oxygen atoms in total. The quantitative estimate of drug-likeness (QED) is 0.801. The number of hydrogen-bond acceptors (Lipinski definition) is 4. The second-order valence-electron chi connectivity index (χ2n) is 7.15. The van der Waals surface area contributed by atoms with Crippen LogP contribution in [0.5, 0.6) is 0 Å². The van der Waals surface area contributed by atoms with E-state index >= 15 is 0 Å².